The van der Waals surface area contributed by atoms with E-state index in [2.05, 4.69) is 10.3 Å². The van der Waals surface area contributed by atoms with E-state index in [-0.39, 0.29) is 21.7 Å². The number of carboxylic acids is 1. The molecule has 1 fully saturated rings. The molecule has 0 aliphatic carbocycles. The number of primary sulfonamides is 1. The monoisotopic (exact) mass is 492 g/mol. The number of sulfonamides is 1. The van der Waals surface area contributed by atoms with Crippen LogP contribution in [0.3, 0.4) is 0 Å². The fourth-order valence-electron chi connectivity index (χ4n) is 3.43. The summed E-state index contributed by atoms with van der Waals surface area (Å²) in [6.45, 7) is 4.95. The molecule has 2 aromatic heterocycles. The number of nitrogen functional groups attached to an aromatic ring is 1. The molecule has 0 unspecified atom stereocenters. The number of aryl methyl sites for hydroxylation is 1. The number of rotatable bonds is 4. The third kappa shape index (κ3) is 5.50. The average molecular weight is 493 g/mol. The van der Waals surface area contributed by atoms with Gasteiger partial charge in [0, 0.05) is 44.6 Å². The van der Waals surface area contributed by atoms with Crippen molar-refractivity contribution in [1.82, 2.24) is 14.9 Å². The predicted octanol–water partition coefficient (Wildman–Crippen LogP) is 0.580. The molecule has 13 heteroatoms. The summed E-state index contributed by atoms with van der Waals surface area (Å²) in [4.78, 5) is 29.7. The van der Waals surface area contributed by atoms with Gasteiger partial charge in [-0.2, -0.15) is 0 Å². The molecule has 1 aliphatic rings. The van der Waals surface area contributed by atoms with Gasteiger partial charge in [0.25, 0.3) is 0 Å². The summed E-state index contributed by atoms with van der Waals surface area (Å²) in [6.07, 6.45) is 1.26. The molecular weight excluding hydrogens is 467 g/mol. The first-order valence-electron chi connectivity index (χ1n) is 10.3. The number of anilines is 2. The van der Waals surface area contributed by atoms with Gasteiger partial charge < -0.3 is 25.6 Å². The first-order valence-corrected chi connectivity index (χ1v) is 11.9. The zero-order valence-corrected chi connectivity index (χ0v) is 19.2. The SMILES string of the molecule is CCn1cc(C(=O)O)c(=O)c2cc(F)c(N3CCNCC3)nc21.Nc1ccc(S(N)(=O)=O)cc1. The molecule has 182 valence electrons. The highest BCUT2D eigenvalue weighted by Gasteiger charge is 2.21. The third-order valence-corrected chi connectivity index (χ3v) is 6.11. The smallest absolute Gasteiger partial charge is 0.341 e. The Hall–Kier alpha value is -3.55. The number of aromatic nitrogens is 2. The normalized spacial score (nSPS) is 13.9. The number of hydrogen-bond acceptors (Lipinski definition) is 8. The second kappa shape index (κ2) is 10.2. The Morgan fingerprint density at radius 2 is 1.85 bits per heavy atom. The minimum atomic E-state index is -3.58. The molecule has 11 nitrogen and oxygen atoms in total. The van der Waals surface area contributed by atoms with Gasteiger partial charge in [-0.05, 0) is 37.3 Å². The van der Waals surface area contributed by atoms with Gasteiger partial charge >= 0.3 is 5.97 Å². The fraction of sp³-hybridized carbons (Fsp3) is 0.286. The largest absolute Gasteiger partial charge is 0.477 e. The molecule has 0 bridgehead atoms. The van der Waals surface area contributed by atoms with Gasteiger partial charge in [0.15, 0.2) is 11.6 Å². The summed E-state index contributed by atoms with van der Waals surface area (Å²) < 4.78 is 37.4. The van der Waals surface area contributed by atoms with Crippen molar-refractivity contribution in [3.63, 3.8) is 0 Å². The van der Waals surface area contributed by atoms with Crippen LogP contribution in [0.2, 0.25) is 0 Å². The van der Waals surface area contributed by atoms with Crippen molar-refractivity contribution >= 4 is 38.5 Å². The quantitative estimate of drug-likeness (QED) is 0.380. The van der Waals surface area contributed by atoms with Gasteiger partial charge in [0.1, 0.15) is 11.2 Å². The summed E-state index contributed by atoms with van der Waals surface area (Å²) in [5.41, 5.74) is 5.06. The minimum absolute atomic E-state index is 0.0110. The summed E-state index contributed by atoms with van der Waals surface area (Å²) in [5, 5.41) is 17.1. The van der Waals surface area contributed by atoms with Crippen LogP contribution in [0.1, 0.15) is 17.3 Å². The molecule has 0 atom stereocenters. The lowest BCUT2D eigenvalue weighted by atomic mass is 10.2. The van der Waals surface area contributed by atoms with Crippen molar-refractivity contribution in [2.45, 2.75) is 18.4 Å². The number of nitrogens with one attached hydrogen (secondary N) is 1. The van der Waals surface area contributed by atoms with E-state index in [4.69, 9.17) is 16.0 Å². The maximum atomic E-state index is 14.4. The van der Waals surface area contributed by atoms with E-state index in [1.165, 1.54) is 30.5 Å². The van der Waals surface area contributed by atoms with Gasteiger partial charge in [0.2, 0.25) is 15.5 Å². The van der Waals surface area contributed by atoms with E-state index in [0.29, 0.717) is 31.0 Å². The lowest BCUT2D eigenvalue weighted by Gasteiger charge is -2.29. The van der Waals surface area contributed by atoms with Crippen LogP contribution in [0.15, 0.2) is 46.2 Å². The number of aromatic carboxylic acids is 1. The molecule has 0 amide bonds. The molecule has 3 heterocycles. The van der Waals surface area contributed by atoms with Gasteiger partial charge in [-0.15, -0.1) is 0 Å². The van der Waals surface area contributed by atoms with Crippen LogP contribution in [-0.2, 0) is 16.6 Å². The lowest BCUT2D eigenvalue weighted by Crippen LogP contribution is -2.44. The maximum Gasteiger partial charge on any atom is 0.341 e. The fourth-order valence-corrected chi connectivity index (χ4v) is 3.94. The second-order valence-electron chi connectivity index (χ2n) is 7.48. The third-order valence-electron chi connectivity index (χ3n) is 5.18. The van der Waals surface area contributed by atoms with Gasteiger partial charge in [0.05, 0.1) is 10.3 Å². The number of nitrogens with zero attached hydrogens (tertiary/aromatic N) is 3. The highest BCUT2D eigenvalue weighted by atomic mass is 32.2. The zero-order valence-electron chi connectivity index (χ0n) is 18.4. The number of pyridine rings is 2. The van der Waals surface area contributed by atoms with Crippen LogP contribution in [0.4, 0.5) is 15.9 Å². The van der Waals surface area contributed by atoms with E-state index in [1.54, 1.807) is 4.57 Å². The summed E-state index contributed by atoms with van der Waals surface area (Å²) in [7, 11) is -3.58. The van der Waals surface area contributed by atoms with Crippen molar-refractivity contribution in [1.29, 1.82) is 0 Å². The van der Waals surface area contributed by atoms with Gasteiger partial charge in [-0.25, -0.2) is 27.7 Å². The zero-order chi connectivity index (χ0) is 25.0. The van der Waals surface area contributed by atoms with Gasteiger partial charge in [-0.1, -0.05) is 0 Å². The summed E-state index contributed by atoms with van der Waals surface area (Å²) in [5.74, 6) is -1.74. The molecule has 1 saturated heterocycles. The summed E-state index contributed by atoms with van der Waals surface area (Å²) >= 11 is 0. The Kier molecular flexibility index (Phi) is 7.49. The molecular formula is C21H25FN6O5S. The van der Waals surface area contributed by atoms with Crippen LogP contribution < -0.4 is 26.5 Å². The highest BCUT2D eigenvalue weighted by Crippen LogP contribution is 2.22. The Morgan fingerprint density at radius 3 is 2.38 bits per heavy atom. The molecule has 3 aromatic rings. The number of carbonyl (C=O) groups is 1. The summed E-state index contributed by atoms with van der Waals surface area (Å²) in [6, 6.07) is 6.80. The van der Waals surface area contributed by atoms with Crippen LogP contribution in [0.5, 0.6) is 0 Å². The number of piperazine rings is 1. The lowest BCUT2D eigenvalue weighted by molar-refractivity contribution is 0.0694. The highest BCUT2D eigenvalue weighted by molar-refractivity contribution is 7.89. The molecule has 4 rings (SSSR count). The number of halogens is 1. The Morgan fingerprint density at radius 1 is 1.24 bits per heavy atom. The molecule has 0 spiro atoms. The van der Waals surface area contributed by atoms with Crippen LogP contribution in [-0.4, -0.2) is 55.2 Å². The maximum absolute atomic E-state index is 14.4. The Balaban J connectivity index is 0.000000248. The van der Waals surface area contributed by atoms with E-state index >= 15 is 0 Å². The van der Waals surface area contributed by atoms with E-state index in [9.17, 15) is 22.4 Å². The topological polar surface area (TPSA) is 174 Å². The molecule has 0 saturated carbocycles. The predicted molar refractivity (Wildman–Crippen MR) is 126 cm³/mol. The van der Waals surface area contributed by atoms with Crippen LogP contribution >= 0.6 is 0 Å². The van der Waals surface area contributed by atoms with E-state index in [0.717, 1.165) is 19.2 Å². The number of carboxylic acid groups (broad SMARTS) is 1. The second-order valence-corrected chi connectivity index (χ2v) is 9.04. The number of benzene rings is 1. The standard InChI is InChI=1S/C15H17FN4O3.C6H8N2O2S/c1-2-19-8-10(15(22)23)12(21)9-7-11(16)14(18-13(9)19)20-5-3-17-4-6-20;7-5-1-3-6(4-2-5)11(8,9)10/h7-8,17H,2-6H2,1H3,(H,22,23);1-4H,7H2,(H2,8,9,10). The van der Waals surface area contributed by atoms with E-state index in [1.807, 2.05) is 11.8 Å². The van der Waals surface area contributed by atoms with E-state index < -0.39 is 27.2 Å². The Labute approximate surface area is 194 Å². The van der Waals surface area contributed by atoms with Crippen molar-refractivity contribution in [2.24, 2.45) is 5.14 Å². The molecule has 6 N–H and O–H groups in total. The van der Waals surface area contributed by atoms with Gasteiger partial charge in [-0.3, -0.25) is 4.79 Å². The first-order chi connectivity index (χ1) is 16.0. The molecule has 1 aromatic carbocycles. The molecule has 34 heavy (non-hydrogen) atoms. The number of fused-ring (bicyclic) bond motifs is 1. The van der Waals surface area contributed by atoms with Crippen LogP contribution in [0.25, 0.3) is 11.0 Å². The van der Waals surface area contributed by atoms with Crippen molar-refractivity contribution < 1.29 is 22.7 Å². The molecule has 0 radical (unpaired) electrons. The first kappa shape index (κ1) is 25.1. The number of nitrogens with two attached hydrogens (primary N) is 2. The van der Waals surface area contributed by atoms with Crippen LogP contribution in [0, 0.1) is 5.82 Å². The van der Waals surface area contributed by atoms with Crippen molar-refractivity contribution in [3.8, 4) is 0 Å². The Bertz CT molecular complexity index is 1370. The minimum Gasteiger partial charge on any atom is -0.477 e. The number of hydrogen-bond donors (Lipinski definition) is 4. The van der Waals surface area contributed by atoms with Crippen molar-refractivity contribution in [3.05, 3.63) is 58.1 Å². The van der Waals surface area contributed by atoms with Crippen molar-refractivity contribution in [2.75, 3.05) is 36.8 Å². The molecule has 1 aliphatic heterocycles. The average Bonchev–Trinajstić information content (AvgIpc) is 2.80.